The van der Waals surface area contributed by atoms with Gasteiger partial charge in [0.15, 0.2) is 0 Å². The number of aliphatic carboxylic acids is 1. The van der Waals surface area contributed by atoms with Crippen LogP contribution in [0.25, 0.3) is 0 Å². The second-order valence-corrected chi connectivity index (χ2v) is 6.05. The van der Waals surface area contributed by atoms with Crippen molar-refractivity contribution in [2.45, 2.75) is 4.90 Å². The minimum Gasteiger partial charge on any atom is -0.481 e. The summed E-state index contributed by atoms with van der Waals surface area (Å²) in [4.78, 5) is 20.3. The van der Waals surface area contributed by atoms with Crippen molar-refractivity contribution in [3.8, 4) is 0 Å². The number of hydrogen-bond acceptors (Lipinski definition) is 5. The summed E-state index contributed by atoms with van der Waals surface area (Å²) in [6.45, 7) is -0.222. The number of nitro groups is 1. The Hall–Kier alpha value is -2.00. The van der Waals surface area contributed by atoms with Crippen molar-refractivity contribution in [1.82, 2.24) is 4.31 Å². The molecule has 0 aliphatic carbocycles. The lowest BCUT2D eigenvalue weighted by Crippen LogP contribution is -2.52. The van der Waals surface area contributed by atoms with E-state index in [0.29, 0.717) is 0 Å². The highest BCUT2D eigenvalue weighted by molar-refractivity contribution is 7.89. The average molecular weight is 286 g/mol. The third kappa shape index (κ3) is 2.42. The number of nitrogens with zero attached hydrogens (tertiary/aromatic N) is 2. The van der Waals surface area contributed by atoms with Crippen molar-refractivity contribution >= 4 is 21.7 Å². The summed E-state index contributed by atoms with van der Waals surface area (Å²) in [5.41, 5.74) is -0.323. The fourth-order valence-corrected chi connectivity index (χ4v) is 3.27. The van der Waals surface area contributed by atoms with Crippen LogP contribution in [-0.2, 0) is 14.8 Å². The number of rotatable bonds is 4. The maximum atomic E-state index is 12.1. The van der Waals surface area contributed by atoms with Crippen LogP contribution < -0.4 is 0 Å². The SMILES string of the molecule is O=C(O)C1CN(S(=O)(=O)c2cccc([N+](=O)[O-])c2)C1. The quantitative estimate of drug-likeness (QED) is 0.628. The molecule has 0 saturated carbocycles. The smallest absolute Gasteiger partial charge is 0.309 e. The van der Waals surface area contributed by atoms with E-state index in [-0.39, 0.29) is 23.7 Å². The van der Waals surface area contributed by atoms with Gasteiger partial charge < -0.3 is 5.11 Å². The van der Waals surface area contributed by atoms with E-state index in [1.807, 2.05) is 0 Å². The van der Waals surface area contributed by atoms with E-state index in [4.69, 9.17) is 5.11 Å². The lowest BCUT2D eigenvalue weighted by Gasteiger charge is -2.35. The number of non-ortho nitro benzene ring substituents is 1. The third-order valence-corrected chi connectivity index (χ3v) is 4.69. The van der Waals surface area contributed by atoms with E-state index in [2.05, 4.69) is 0 Å². The molecule has 9 heteroatoms. The number of benzene rings is 1. The fraction of sp³-hybridized carbons (Fsp3) is 0.300. The van der Waals surface area contributed by atoms with Gasteiger partial charge in [-0.1, -0.05) is 6.07 Å². The molecule has 1 aromatic carbocycles. The third-order valence-electron chi connectivity index (χ3n) is 2.86. The van der Waals surface area contributed by atoms with Gasteiger partial charge in [-0.3, -0.25) is 14.9 Å². The van der Waals surface area contributed by atoms with Crippen molar-refractivity contribution in [3.05, 3.63) is 34.4 Å². The molecule has 0 spiro atoms. The van der Waals surface area contributed by atoms with Gasteiger partial charge in [0.05, 0.1) is 15.7 Å². The number of carbonyl (C=O) groups is 1. The van der Waals surface area contributed by atoms with Crippen molar-refractivity contribution in [2.24, 2.45) is 5.92 Å². The van der Waals surface area contributed by atoms with Gasteiger partial charge in [-0.15, -0.1) is 0 Å². The molecule has 1 heterocycles. The van der Waals surface area contributed by atoms with Gasteiger partial charge >= 0.3 is 5.97 Å². The zero-order valence-corrected chi connectivity index (χ0v) is 10.4. The maximum absolute atomic E-state index is 12.1. The molecule has 0 aromatic heterocycles. The topological polar surface area (TPSA) is 118 Å². The Morgan fingerprint density at radius 1 is 1.42 bits per heavy atom. The molecule has 19 heavy (non-hydrogen) atoms. The second-order valence-electron chi connectivity index (χ2n) is 4.11. The number of carboxylic acids is 1. The Morgan fingerprint density at radius 3 is 2.58 bits per heavy atom. The summed E-state index contributed by atoms with van der Waals surface area (Å²) in [6, 6.07) is 4.68. The van der Waals surface area contributed by atoms with Crippen LogP contribution in [0, 0.1) is 16.0 Å². The van der Waals surface area contributed by atoms with Gasteiger partial charge in [0.25, 0.3) is 5.69 Å². The summed E-state index contributed by atoms with van der Waals surface area (Å²) in [5, 5.41) is 19.3. The fourth-order valence-electron chi connectivity index (χ4n) is 1.70. The molecule has 0 bridgehead atoms. The predicted octanol–water partition coefficient (Wildman–Crippen LogP) is 0.300. The minimum absolute atomic E-state index is 0.111. The Kier molecular flexibility index (Phi) is 3.25. The molecule has 1 aromatic rings. The van der Waals surface area contributed by atoms with Gasteiger partial charge in [0, 0.05) is 25.2 Å². The molecule has 102 valence electrons. The summed E-state index contributed by atoms with van der Waals surface area (Å²) in [5.74, 6) is -1.76. The van der Waals surface area contributed by atoms with Crippen LogP contribution in [0.15, 0.2) is 29.2 Å². The van der Waals surface area contributed by atoms with Crippen molar-refractivity contribution in [3.63, 3.8) is 0 Å². The van der Waals surface area contributed by atoms with Crippen LogP contribution >= 0.6 is 0 Å². The highest BCUT2D eigenvalue weighted by Gasteiger charge is 2.40. The van der Waals surface area contributed by atoms with Crippen LogP contribution in [0.4, 0.5) is 5.69 Å². The molecular formula is C10H10N2O6S. The first kappa shape index (κ1) is 13.4. The average Bonchev–Trinajstić information content (AvgIpc) is 2.26. The second kappa shape index (κ2) is 4.59. The molecule has 0 radical (unpaired) electrons. The molecule has 0 amide bonds. The Morgan fingerprint density at radius 2 is 2.05 bits per heavy atom. The first-order valence-corrected chi connectivity index (χ1v) is 6.74. The van der Waals surface area contributed by atoms with E-state index in [1.165, 1.54) is 18.2 Å². The highest BCUT2D eigenvalue weighted by Crippen LogP contribution is 2.27. The first-order valence-electron chi connectivity index (χ1n) is 5.30. The van der Waals surface area contributed by atoms with Crippen LogP contribution in [0.2, 0.25) is 0 Å². The monoisotopic (exact) mass is 286 g/mol. The summed E-state index contributed by atoms with van der Waals surface area (Å²) >= 11 is 0. The van der Waals surface area contributed by atoms with E-state index in [9.17, 15) is 23.3 Å². The van der Waals surface area contributed by atoms with Crippen molar-refractivity contribution in [1.29, 1.82) is 0 Å². The molecule has 0 unspecified atom stereocenters. The van der Waals surface area contributed by atoms with Gasteiger partial charge in [-0.2, -0.15) is 4.31 Å². The Bertz CT molecular complexity index is 635. The molecule has 1 aliphatic heterocycles. The minimum atomic E-state index is -3.86. The summed E-state index contributed by atoms with van der Waals surface area (Å²) in [6.07, 6.45) is 0. The van der Waals surface area contributed by atoms with E-state index < -0.39 is 26.8 Å². The maximum Gasteiger partial charge on any atom is 0.309 e. The molecule has 1 aliphatic rings. The molecule has 1 fully saturated rings. The molecule has 8 nitrogen and oxygen atoms in total. The van der Waals surface area contributed by atoms with Gasteiger partial charge in [-0.05, 0) is 6.07 Å². The normalized spacial score (nSPS) is 16.8. The number of hydrogen-bond donors (Lipinski definition) is 1. The van der Waals surface area contributed by atoms with E-state index in [0.717, 1.165) is 10.4 Å². The summed E-state index contributed by atoms with van der Waals surface area (Å²) in [7, 11) is -3.86. The van der Waals surface area contributed by atoms with E-state index >= 15 is 0 Å². The van der Waals surface area contributed by atoms with Crippen molar-refractivity contribution < 1.29 is 23.2 Å². The van der Waals surface area contributed by atoms with Crippen molar-refractivity contribution in [2.75, 3.05) is 13.1 Å². The number of carboxylic acid groups (broad SMARTS) is 1. The Balaban J connectivity index is 2.24. The van der Waals surface area contributed by atoms with E-state index in [1.54, 1.807) is 0 Å². The number of sulfonamides is 1. The van der Waals surface area contributed by atoms with Crippen LogP contribution in [-0.4, -0.2) is 41.8 Å². The largest absolute Gasteiger partial charge is 0.481 e. The van der Waals surface area contributed by atoms with Gasteiger partial charge in [0.1, 0.15) is 0 Å². The standard InChI is InChI=1S/C10H10N2O6S/c13-10(14)7-5-11(6-7)19(17,18)9-3-1-2-8(4-9)12(15)16/h1-4,7H,5-6H2,(H,13,14). The summed E-state index contributed by atoms with van der Waals surface area (Å²) < 4.78 is 25.1. The van der Waals surface area contributed by atoms with Crippen LogP contribution in [0.1, 0.15) is 0 Å². The molecule has 1 saturated heterocycles. The first-order chi connectivity index (χ1) is 8.82. The zero-order chi connectivity index (χ0) is 14.2. The molecule has 0 atom stereocenters. The predicted molar refractivity (Wildman–Crippen MR) is 63.0 cm³/mol. The van der Waals surface area contributed by atoms with Crippen LogP contribution in [0.5, 0.6) is 0 Å². The zero-order valence-electron chi connectivity index (χ0n) is 9.59. The number of nitro benzene ring substituents is 1. The lowest BCUT2D eigenvalue weighted by atomic mass is 10.0. The highest BCUT2D eigenvalue weighted by atomic mass is 32.2. The Labute approximate surface area is 108 Å². The molecule has 1 N–H and O–H groups in total. The van der Waals surface area contributed by atoms with Gasteiger partial charge in [0.2, 0.25) is 10.0 Å². The van der Waals surface area contributed by atoms with Crippen LogP contribution in [0.3, 0.4) is 0 Å². The van der Waals surface area contributed by atoms with Gasteiger partial charge in [-0.25, -0.2) is 8.42 Å². The molecular weight excluding hydrogens is 276 g/mol. The molecule has 2 rings (SSSR count). The lowest BCUT2D eigenvalue weighted by molar-refractivity contribution is -0.385.